The van der Waals surface area contributed by atoms with E-state index in [9.17, 15) is 9.59 Å². The van der Waals surface area contributed by atoms with Crippen LogP contribution in [0.3, 0.4) is 0 Å². The Morgan fingerprint density at radius 3 is 1.90 bits per heavy atom. The van der Waals surface area contributed by atoms with Gasteiger partial charge in [0.25, 0.3) is 0 Å². The molecule has 0 unspecified atom stereocenters. The molecule has 0 saturated heterocycles. The van der Waals surface area contributed by atoms with Gasteiger partial charge in [-0.2, -0.15) is 0 Å². The van der Waals surface area contributed by atoms with Crippen LogP contribution in [0.4, 0.5) is 0 Å². The van der Waals surface area contributed by atoms with Crippen molar-refractivity contribution < 1.29 is 24.2 Å². The molecule has 0 aliphatic carbocycles. The Labute approximate surface area is 132 Å². The number of carbonyl (C=O) groups is 2. The first-order valence-electron chi connectivity index (χ1n) is 5.54. The third-order valence-electron chi connectivity index (χ3n) is 1.92. The second-order valence-corrected chi connectivity index (χ2v) is 6.27. The zero-order valence-electron chi connectivity index (χ0n) is 11.0. The molecule has 0 saturated carbocycles. The van der Waals surface area contributed by atoms with Gasteiger partial charge in [0.2, 0.25) is 3.79 Å². The number of ether oxygens (including phenoxy) is 2. The van der Waals surface area contributed by atoms with E-state index in [1.54, 1.807) is 0 Å². The number of alkyl halides is 3. The fourth-order valence-corrected chi connectivity index (χ4v) is 1.06. The zero-order valence-corrected chi connectivity index (χ0v) is 13.3. The molecule has 0 aliphatic rings. The molecule has 0 spiro atoms. The quantitative estimate of drug-likeness (QED) is 0.346. The molecule has 0 amide bonds. The SMILES string of the molecule is C/C(=C\C=C(/C)C(=O)OCC(Cl)(Cl)Cl)C(=O)OCCO. The minimum atomic E-state index is -1.67. The number of aliphatic hydroxyl groups is 1. The molecule has 0 radical (unpaired) electrons. The van der Waals surface area contributed by atoms with Crippen molar-refractivity contribution in [2.24, 2.45) is 0 Å². The second-order valence-electron chi connectivity index (χ2n) is 3.75. The summed E-state index contributed by atoms with van der Waals surface area (Å²) in [5.74, 6) is -1.25. The third-order valence-corrected chi connectivity index (χ3v) is 2.25. The second kappa shape index (κ2) is 9.23. The van der Waals surface area contributed by atoms with E-state index in [0.29, 0.717) is 0 Å². The average molecular weight is 346 g/mol. The maximum Gasteiger partial charge on any atom is 0.333 e. The van der Waals surface area contributed by atoms with Crippen LogP contribution < -0.4 is 0 Å². The molecular weight excluding hydrogens is 330 g/mol. The van der Waals surface area contributed by atoms with Crippen LogP contribution >= 0.6 is 34.8 Å². The minimum Gasteiger partial charge on any atom is -0.460 e. The highest BCUT2D eigenvalue weighted by molar-refractivity contribution is 6.67. The van der Waals surface area contributed by atoms with Crippen LogP contribution in [0, 0.1) is 0 Å². The first-order chi connectivity index (χ1) is 9.17. The summed E-state index contributed by atoms with van der Waals surface area (Å²) < 4.78 is 7.76. The number of esters is 2. The van der Waals surface area contributed by atoms with Crippen molar-refractivity contribution in [1.82, 2.24) is 0 Å². The standard InChI is InChI=1S/C12H15Cl3O5/c1-8(10(17)19-6-5-16)3-4-9(2)11(18)20-7-12(13,14)15/h3-4,16H,5-7H2,1-2H3/b8-3+,9-4+. The fraction of sp³-hybridized carbons (Fsp3) is 0.500. The highest BCUT2D eigenvalue weighted by Crippen LogP contribution is 2.26. The van der Waals surface area contributed by atoms with Crippen molar-refractivity contribution in [3.63, 3.8) is 0 Å². The molecule has 0 heterocycles. The summed E-state index contributed by atoms with van der Waals surface area (Å²) in [4.78, 5) is 22.8. The number of hydrogen-bond acceptors (Lipinski definition) is 5. The Morgan fingerprint density at radius 2 is 1.50 bits per heavy atom. The Morgan fingerprint density at radius 1 is 1.05 bits per heavy atom. The van der Waals surface area contributed by atoms with Gasteiger partial charge in [0.05, 0.1) is 6.61 Å². The Balaban J connectivity index is 4.49. The summed E-state index contributed by atoms with van der Waals surface area (Å²) in [6, 6.07) is 0. The number of carbonyl (C=O) groups excluding carboxylic acids is 2. The van der Waals surface area contributed by atoms with Gasteiger partial charge in [0.1, 0.15) is 13.2 Å². The predicted molar refractivity (Wildman–Crippen MR) is 76.8 cm³/mol. The van der Waals surface area contributed by atoms with Crippen molar-refractivity contribution in [3.8, 4) is 0 Å². The van der Waals surface area contributed by atoms with Crippen molar-refractivity contribution in [1.29, 1.82) is 0 Å². The molecule has 0 aromatic heterocycles. The van der Waals surface area contributed by atoms with Gasteiger partial charge in [-0.3, -0.25) is 0 Å². The highest BCUT2D eigenvalue weighted by Gasteiger charge is 2.22. The monoisotopic (exact) mass is 344 g/mol. The molecule has 0 aromatic carbocycles. The Kier molecular flexibility index (Phi) is 8.89. The van der Waals surface area contributed by atoms with Gasteiger partial charge in [-0.05, 0) is 13.8 Å². The summed E-state index contributed by atoms with van der Waals surface area (Å²) in [6.45, 7) is 2.29. The number of halogens is 3. The maximum absolute atomic E-state index is 11.5. The number of rotatable bonds is 6. The van der Waals surface area contributed by atoms with Crippen molar-refractivity contribution in [2.45, 2.75) is 17.6 Å². The van der Waals surface area contributed by atoms with Crippen LogP contribution in [0.15, 0.2) is 23.3 Å². The lowest BCUT2D eigenvalue weighted by atomic mass is 10.2. The molecule has 0 fully saturated rings. The minimum absolute atomic E-state index is 0.0853. The summed E-state index contributed by atoms with van der Waals surface area (Å²) in [6.07, 6.45) is 2.78. The van der Waals surface area contributed by atoms with Gasteiger partial charge in [0, 0.05) is 11.1 Å². The van der Waals surface area contributed by atoms with E-state index >= 15 is 0 Å². The van der Waals surface area contributed by atoms with Crippen molar-refractivity contribution >= 4 is 46.7 Å². The smallest absolute Gasteiger partial charge is 0.333 e. The highest BCUT2D eigenvalue weighted by atomic mass is 35.6. The van der Waals surface area contributed by atoms with Gasteiger partial charge in [-0.25, -0.2) is 9.59 Å². The third kappa shape index (κ3) is 9.20. The predicted octanol–water partition coefficient (Wildman–Crippen LogP) is 2.33. The van der Waals surface area contributed by atoms with Crippen molar-refractivity contribution in [3.05, 3.63) is 23.3 Å². The zero-order chi connectivity index (χ0) is 15.8. The number of allylic oxidation sites excluding steroid dienone is 2. The molecule has 0 aromatic rings. The summed E-state index contributed by atoms with van der Waals surface area (Å²) >= 11 is 16.3. The van der Waals surface area contributed by atoms with E-state index in [4.69, 9.17) is 44.6 Å². The Bertz CT molecular complexity index is 410. The van der Waals surface area contributed by atoms with Crippen LogP contribution in [0.1, 0.15) is 13.8 Å². The van der Waals surface area contributed by atoms with E-state index in [-0.39, 0.29) is 31.0 Å². The Hall–Kier alpha value is -0.750. The topological polar surface area (TPSA) is 72.8 Å². The van der Waals surface area contributed by atoms with E-state index in [2.05, 4.69) is 4.74 Å². The van der Waals surface area contributed by atoms with Crippen LogP contribution in [-0.2, 0) is 19.1 Å². The molecule has 5 nitrogen and oxygen atoms in total. The summed E-state index contributed by atoms with van der Waals surface area (Å²) in [5.41, 5.74) is 0.500. The number of aliphatic hydroxyl groups excluding tert-OH is 1. The largest absolute Gasteiger partial charge is 0.460 e. The van der Waals surface area contributed by atoms with E-state index < -0.39 is 15.7 Å². The van der Waals surface area contributed by atoms with E-state index in [1.807, 2.05) is 0 Å². The first-order valence-corrected chi connectivity index (χ1v) is 6.68. The van der Waals surface area contributed by atoms with Gasteiger partial charge >= 0.3 is 11.9 Å². The summed E-state index contributed by atoms with van der Waals surface area (Å²) in [7, 11) is 0. The van der Waals surface area contributed by atoms with Crippen molar-refractivity contribution in [2.75, 3.05) is 19.8 Å². The molecule has 0 bridgehead atoms. The molecule has 8 heteroatoms. The van der Waals surface area contributed by atoms with Crippen LogP contribution in [0.25, 0.3) is 0 Å². The molecule has 114 valence electrons. The lowest BCUT2D eigenvalue weighted by Gasteiger charge is -2.11. The molecular formula is C12H15Cl3O5. The van der Waals surface area contributed by atoms with Crippen LogP contribution in [-0.4, -0.2) is 40.7 Å². The van der Waals surface area contributed by atoms with Crippen LogP contribution in [0.2, 0.25) is 0 Å². The maximum atomic E-state index is 11.5. The first kappa shape index (κ1) is 19.2. The normalized spacial score (nSPS) is 13.1. The lowest BCUT2D eigenvalue weighted by Crippen LogP contribution is -2.17. The van der Waals surface area contributed by atoms with E-state index in [1.165, 1.54) is 26.0 Å². The fourth-order valence-electron chi connectivity index (χ4n) is 0.899. The van der Waals surface area contributed by atoms with Crippen LogP contribution in [0.5, 0.6) is 0 Å². The average Bonchev–Trinajstić information content (AvgIpc) is 2.37. The van der Waals surface area contributed by atoms with Gasteiger partial charge in [0.15, 0.2) is 0 Å². The van der Waals surface area contributed by atoms with Gasteiger partial charge in [-0.1, -0.05) is 47.0 Å². The van der Waals surface area contributed by atoms with Gasteiger partial charge < -0.3 is 14.6 Å². The molecule has 0 aliphatic heterocycles. The summed E-state index contributed by atoms with van der Waals surface area (Å²) in [5, 5.41) is 8.51. The van der Waals surface area contributed by atoms with Gasteiger partial charge in [-0.15, -0.1) is 0 Å². The molecule has 0 rings (SSSR count). The molecule has 0 atom stereocenters. The lowest BCUT2D eigenvalue weighted by molar-refractivity contribution is -0.140. The van der Waals surface area contributed by atoms with E-state index in [0.717, 1.165) is 0 Å². The number of hydrogen-bond donors (Lipinski definition) is 1. The molecule has 1 N–H and O–H groups in total. The molecule has 20 heavy (non-hydrogen) atoms.